The third kappa shape index (κ3) is 3.75. The lowest BCUT2D eigenvalue weighted by Crippen LogP contribution is -2.15. The first-order chi connectivity index (χ1) is 12.6. The monoisotopic (exact) mass is 347 g/mol. The normalized spacial score (nSPS) is 11.6. The minimum absolute atomic E-state index is 0.144. The number of carbonyl (C=O) groups excluding carboxylic acids is 1. The van der Waals surface area contributed by atoms with Crippen molar-refractivity contribution in [1.29, 1.82) is 0 Å². The molecule has 0 fully saturated rings. The predicted octanol–water partition coefficient (Wildman–Crippen LogP) is 4.39. The first-order valence-corrected chi connectivity index (χ1v) is 8.08. The van der Waals surface area contributed by atoms with E-state index in [1.807, 2.05) is 48.5 Å². The Kier molecular flexibility index (Phi) is 5.03. The lowest BCUT2D eigenvalue weighted by atomic mass is 10.0. The fraction of sp³-hybridized carbons (Fsp3) is 0.100. The van der Waals surface area contributed by atoms with Crippen molar-refractivity contribution in [2.24, 2.45) is 0 Å². The van der Waals surface area contributed by atoms with Gasteiger partial charge in [-0.15, -0.1) is 0 Å². The molecular formula is C20H17N3O3. The summed E-state index contributed by atoms with van der Waals surface area (Å²) in [5, 5.41) is 14.7. The number of nitro groups is 1. The molecule has 0 aliphatic carbocycles. The van der Waals surface area contributed by atoms with Gasteiger partial charge in [-0.1, -0.05) is 36.4 Å². The van der Waals surface area contributed by atoms with Crippen LogP contribution < -0.4 is 5.32 Å². The average molecular weight is 347 g/mol. The summed E-state index contributed by atoms with van der Waals surface area (Å²) in [7, 11) is 0. The zero-order valence-electron chi connectivity index (χ0n) is 14.1. The molecule has 1 N–H and O–H groups in total. The number of aromatic nitrogens is 1. The fourth-order valence-corrected chi connectivity index (χ4v) is 2.70. The second-order valence-electron chi connectivity index (χ2n) is 5.79. The van der Waals surface area contributed by atoms with E-state index in [1.54, 1.807) is 18.3 Å². The van der Waals surface area contributed by atoms with E-state index < -0.39 is 4.92 Å². The molecule has 0 aliphatic heterocycles. The van der Waals surface area contributed by atoms with Crippen LogP contribution in [0.15, 0.2) is 72.9 Å². The van der Waals surface area contributed by atoms with Gasteiger partial charge in [0.05, 0.1) is 16.7 Å². The maximum Gasteiger partial charge on any atom is 0.293 e. The van der Waals surface area contributed by atoms with Crippen molar-refractivity contribution >= 4 is 17.2 Å². The van der Waals surface area contributed by atoms with Crippen molar-refractivity contribution in [3.63, 3.8) is 0 Å². The minimum atomic E-state index is -0.491. The Morgan fingerprint density at radius 1 is 1.08 bits per heavy atom. The second-order valence-corrected chi connectivity index (χ2v) is 5.79. The van der Waals surface area contributed by atoms with Crippen LogP contribution in [0.25, 0.3) is 0 Å². The molecule has 1 atom stereocenters. The van der Waals surface area contributed by atoms with Crippen LogP contribution in [0.4, 0.5) is 11.4 Å². The Bertz CT molecular complexity index is 888. The molecule has 6 nitrogen and oxygen atoms in total. The summed E-state index contributed by atoms with van der Waals surface area (Å²) >= 11 is 0. The lowest BCUT2D eigenvalue weighted by Gasteiger charge is -2.20. The summed E-state index contributed by atoms with van der Waals surface area (Å²) < 4.78 is 0. The molecule has 1 heterocycles. The van der Waals surface area contributed by atoms with Gasteiger partial charge in [-0.25, -0.2) is 0 Å². The van der Waals surface area contributed by atoms with Crippen molar-refractivity contribution in [3.05, 3.63) is 99.9 Å². The van der Waals surface area contributed by atoms with Crippen molar-refractivity contribution in [2.75, 3.05) is 5.32 Å². The van der Waals surface area contributed by atoms with Gasteiger partial charge in [-0.3, -0.25) is 19.9 Å². The molecule has 26 heavy (non-hydrogen) atoms. The standard InChI is InChI=1S/C20H17N3O3/c1-14(24)16-10-11-17(19(13-16)23(25)26)22-20(15-7-3-2-4-8-15)18-9-5-6-12-21-18/h2-13,20,22H,1H3. The van der Waals surface area contributed by atoms with Crippen LogP contribution in [-0.2, 0) is 0 Å². The Morgan fingerprint density at radius 2 is 1.81 bits per heavy atom. The molecule has 0 aliphatic rings. The van der Waals surface area contributed by atoms with Gasteiger partial charge >= 0.3 is 0 Å². The molecule has 130 valence electrons. The van der Waals surface area contributed by atoms with E-state index in [4.69, 9.17) is 0 Å². The van der Waals surface area contributed by atoms with Crippen LogP contribution in [0.3, 0.4) is 0 Å². The van der Waals surface area contributed by atoms with E-state index in [0.717, 1.165) is 11.3 Å². The first-order valence-electron chi connectivity index (χ1n) is 8.08. The molecule has 2 aromatic carbocycles. The molecule has 0 amide bonds. The maximum absolute atomic E-state index is 11.5. The molecule has 0 saturated carbocycles. The van der Waals surface area contributed by atoms with Crippen LogP contribution in [0.2, 0.25) is 0 Å². The van der Waals surface area contributed by atoms with Crippen molar-refractivity contribution in [2.45, 2.75) is 13.0 Å². The van der Waals surface area contributed by atoms with Crippen LogP contribution in [-0.4, -0.2) is 15.7 Å². The number of nitrogens with one attached hydrogen (secondary N) is 1. The summed E-state index contributed by atoms with van der Waals surface area (Å²) in [6.45, 7) is 1.38. The maximum atomic E-state index is 11.5. The van der Waals surface area contributed by atoms with E-state index in [9.17, 15) is 14.9 Å². The van der Waals surface area contributed by atoms with Crippen molar-refractivity contribution in [1.82, 2.24) is 4.98 Å². The summed E-state index contributed by atoms with van der Waals surface area (Å²) in [6.07, 6.45) is 1.68. The Labute approximate surface area is 150 Å². The van der Waals surface area contributed by atoms with E-state index in [1.165, 1.54) is 13.0 Å². The quantitative estimate of drug-likeness (QED) is 0.406. The first kappa shape index (κ1) is 17.3. The van der Waals surface area contributed by atoms with Crippen LogP contribution in [0, 0.1) is 10.1 Å². The zero-order valence-corrected chi connectivity index (χ0v) is 14.1. The molecular weight excluding hydrogens is 330 g/mol. The molecule has 0 bridgehead atoms. The number of pyridine rings is 1. The van der Waals surface area contributed by atoms with E-state index >= 15 is 0 Å². The van der Waals surface area contributed by atoms with Gasteiger partial charge in [-0.05, 0) is 36.8 Å². The number of ketones is 1. The lowest BCUT2D eigenvalue weighted by molar-refractivity contribution is -0.384. The van der Waals surface area contributed by atoms with Gasteiger partial charge in [0.1, 0.15) is 5.69 Å². The number of rotatable bonds is 6. The predicted molar refractivity (Wildman–Crippen MR) is 99.2 cm³/mol. The van der Waals surface area contributed by atoms with Gasteiger partial charge in [0, 0.05) is 17.8 Å². The van der Waals surface area contributed by atoms with E-state index in [0.29, 0.717) is 11.3 Å². The minimum Gasteiger partial charge on any atom is -0.367 e. The fourth-order valence-electron chi connectivity index (χ4n) is 2.70. The summed E-state index contributed by atoms with van der Waals surface area (Å²) in [5.74, 6) is -0.219. The number of hydrogen-bond donors (Lipinski definition) is 1. The highest BCUT2D eigenvalue weighted by Crippen LogP contribution is 2.32. The van der Waals surface area contributed by atoms with Gasteiger partial charge in [0.25, 0.3) is 5.69 Å². The Morgan fingerprint density at radius 3 is 2.42 bits per heavy atom. The van der Waals surface area contributed by atoms with Gasteiger partial charge < -0.3 is 5.32 Å². The largest absolute Gasteiger partial charge is 0.367 e. The summed E-state index contributed by atoms with van der Waals surface area (Å²) in [4.78, 5) is 26.9. The highest BCUT2D eigenvalue weighted by atomic mass is 16.6. The highest BCUT2D eigenvalue weighted by molar-refractivity contribution is 5.95. The van der Waals surface area contributed by atoms with E-state index in [-0.39, 0.29) is 17.5 Å². The molecule has 0 spiro atoms. The number of anilines is 1. The second kappa shape index (κ2) is 7.57. The number of carbonyl (C=O) groups is 1. The number of nitrogens with zero attached hydrogens (tertiary/aromatic N) is 2. The molecule has 3 rings (SSSR count). The summed E-state index contributed by atoms with van der Waals surface area (Å²) in [5.41, 5.74) is 2.16. The summed E-state index contributed by atoms with van der Waals surface area (Å²) in [6, 6.07) is 19.2. The van der Waals surface area contributed by atoms with Gasteiger partial charge in [0.2, 0.25) is 0 Å². The Balaban J connectivity index is 2.05. The third-order valence-corrected chi connectivity index (χ3v) is 4.02. The molecule has 0 saturated heterocycles. The topological polar surface area (TPSA) is 85.1 Å². The molecule has 1 unspecified atom stereocenters. The molecule has 1 aromatic heterocycles. The van der Waals surface area contributed by atoms with Crippen LogP contribution in [0.5, 0.6) is 0 Å². The molecule has 3 aromatic rings. The van der Waals surface area contributed by atoms with Gasteiger partial charge in [-0.2, -0.15) is 0 Å². The number of hydrogen-bond acceptors (Lipinski definition) is 5. The number of nitro benzene ring substituents is 1. The van der Waals surface area contributed by atoms with E-state index in [2.05, 4.69) is 10.3 Å². The zero-order chi connectivity index (χ0) is 18.5. The third-order valence-electron chi connectivity index (χ3n) is 4.02. The molecule has 0 radical (unpaired) electrons. The van der Waals surface area contributed by atoms with Crippen LogP contribution >= 0.6 is 0 Å². The average Bonchev–Trinajstić information content (AvgIpc) is 2.67. The SMILES string of the molecule is CC(=O)c1ccc(NC(c2ccccc2)c2ccccn2)c([N+](=O)[O-])c1. The van der Waals surface area contributed by atoms with Crippen LogP contribution in [0.1, 0.15) is 34.6 Å². The van der Waals surface area contributed by atoms with Crippen molar-refractivity contribution < 1.29 is 9.72 Å². The number of Topliss-reactive ketones (excluding diaryl/α,β-unsaturated/α-hetero) is 1. The highest BCUT2D eigenvalue weighted by Gasteiger charge is 2.21. The smallest absolute Gasteiger partial charge is 0.293 e. The van der Waals surface area contributed by atoms with Crippen molar-refractivity contribution in [3.8, 4) is 0 Å². The molecule has 6 heteroatoms. The number of benzene rings is 2. The van der Waals surface area contributed by atoms with Gasteiger partial charge in [0.15, 0.2) is 5.78 Å². The Hall–Kier alpha value is -3.54.